The van der Waals surface area contributed by atoms with Crippen LogP contribution in [0.4, 0.5) is 21.0 Å². The lowest BCUT2D eigenvalue weighted by molar-refractivity contribution is -0.138. The van der Waals surface area contributed by atoms with Crippen molar-refractivity contribution in [2.24, 2.45) is 0 Å². The molecule has 0 aromatic heterocycles. The molecule has 1 unspecified atom stereocenters. The zero-order chi connectivity index (χ0) is 40.2. The predicted molar refractivity (Wildman–Crippen MR) is 211 cm³/mol. The minimum Gasteiger partial charge on any atom is -0.453 e. The molecular weight excluding hydrogens is 716 g/mol. The van der Waals surface area contributed by atoms with Crippen molar-refractivity contribution in [3.8, 4) is 0 Å². The molecule has 298 valence electrons. The van der Waals surface area contributed by atoms with Crippen molar-refractivity contribution in [2.75, 3.05) is 37.9 Å². The first kappa shape index (κ1) is 41.2. The van der Waals surface area contributed by atoms with Gasteiger partial charge in [-0.15, -0.1) is 0 Å². The topological polar surface area (TPSA) is 175 Å². The van der Waals surface area contributed by atoms with Crippen LogP contribution in [0.3, 0.4) is 0 Å². The van der Waals surface area contributed by atoms with Crippen molar-refractivity contribution >= 4 is 47.2 Å². The summed E-state index contributed by atoms with van der Waals surface area (Å²) in [5, 5.41) is 11.1. The number of amides is 6. The van der Waals surface area contributed by atoms with E-state index >= 15 is 0 Å². The van der Waals surface area contributed by atoms with E-state index in [-0.39, 0.29) is 29.5 Å². The van der Waals surface area contributed by atoms with Crippen molar-refractivity contribution in [2.45, 2.75) is 88.9 Å². The number of likely N-dealkylation sites (tertiary alicyclic amines) is 2. The van der Waals surface area contributed by atoms with Gasteiger partial charge in [0.2, 0.25) is 23.6 Å². The Morgan fingerprint density at radius 1 is 0.625 bits per heavy atom. The Balaban J connectivity index is 1.23. The van der Waals surface area contributed by atoms with Crippen LogP contribution in [0.25, 0.3) is 0 Å². The molecule has 56 heavy (non-hydrogen) atoms. The van der Waals surface area contributed by atoms with E-state index in [1.54, 1.807) is 13.8 Å². The molecule has 0 aliphatic carbocycles. The van der Waals surface area contributed by atoms with E-state index in [0.717, 1.165) is 16.7 Å². The van der Waals surface area contributed by atoms with Crippen LogP contribution < -0.4 is 21.3 Å². The molecule has 5 atom stereocenters. The number of hydrogen-bond acceptors (Lipinski definition) is 8. The van der Waals surface area contributed by atoms with Gasteiger partial charge in [-0.05, 0) is 85.9 Å². The van der Waals surface area contributed by atoms with Crippen LogP contribution in [0.1, 0.15) is 75.0 Å². The third-order valence-electron chi connectivity index (χ3n) is 10.5. The third kappa shape index (κ3) is 10.2. The number of nitrogens with one attached hydrogen (secondary N) is 4. The summed E-state index contributed by atoms with van der Waals surface area (Å²) in [6.07, 6.45) is 2.43. The molecular formula is C42H52N6O8. The van der Waals surface area contributed by atoms with Gasteiger partial charge in [-0.3, -0.25) is 19.2 Å². The summed E-state index contributed by atoms with van der Waals surface area (Å²) < 4.78 is 9.32. The van der Waals surface area contributed by atoms with E-state index in [4.69, 9.17) is 0 Å². The number of ether oxygens (including phenoxy) is 2. The maximum atomic E-state index is 13.4. The van der Waals surface area contributed by atoms with Crippen LogP contribution in [0.2, 0.25) is 0 Å². The van der Waals surface area contributed by atoms with Crippen LogP contribution in [0, 0.1) is 0 Å². The van der Waals surface area contributed by atoms with Crippen molar-refractivity contribution in [3.63, 3.8) is 0 Å². The van der Waals surface area contributed by atoms with Gasteiger partial charge in [-0.2, -0.15) is 0 Å². The fourth-order valence-corrected chi connectivity index (χ4v) is 7.41. The summed E-state index contributed by atoms with van der Waals surface area (Å²) in [5.41, 5.74) is 4.43. The fourth-order valence-electron chi connectivity index (χ4n) is 7.41. The second-order valence-corrected chi connectivity index (χ2v) is 14.0. The van der Waals surface area contributed by atoms with E-state index in [1.165, 1.54) is 24.0 Å². The average Bonchev–Trinajstić information content (AvgIpc) is 3.93. The Labute approximate surface area is 327 Å². The maximum absolute atomic E-state index is 13.4. The molecule has 14 heteroatoms. The number of carbonyl (C=O) groups is 6. The zero-order valence-corrected chi connectivity index (χ0v) is 32.4. The summed E-state index contributed by atoms with van der Waals surface area (Å²) in [5.74, 6) is -1.19. The van der Waals surface area contributed by atoms with E-state index in [9.17, 15) is 28.8 Å². The first-order valence-corrected chi connectivity index (χ1v) is 19.2. The minimum absolute atomic E-state index is 0.0132. The molecule has 2 aliphatic heterocycles. The lowest BCUT2D eigenvalue weighted by Gasteiger charge is -2.28. The van der Waals surface area contributed by atoms with Gasteiger partial charge < -0.3 is 40.5 Å². The monoisotopic (exact) mass is 768 g/mol. The molecule has 4 N–H and O–H groups in total. The van der Waals surface area contributed by atoms with Gasteiger partial charge in [0.25, 0.3) is 0 Å². The molecule has 14 nitrogen and oxygen atoms in total. The first-order valence-electron chi connectivity index (χ1n) is 19.2. The molecule has 2 fully saturated rings. The lowest BCUT2D eigenvalue weighted by Crippen LogP contribution is -2.52. The molecule has 0 saturated carbocycles. The van der Waals surface area contributed by atoms with Gasteiger partial charge in [0.1, 0.15) is 24.2 Å². The first-order chi connectivity index (χ1) is 27.1. The van der Waals surface area contributed by atoms with Crippen molar-refractivity contribution in [3.05, 3.63) is 95.6 Å². The number of carbonyl (C=O) groups excluding carboxylic acids is 6. The van der Waals surface area contributed by atoms with E-state index in [1.807, 2.05) is 66.7 Å². The fraction of sp³-hybridized carbons (Fsp3) is 0.429. The summed E-state index contributed by atoms with van der Waals surface area (Å²) in [6, 6.07) is 22.7. The second kappa shape index (κ2) is 19.6. The van der Waals surface area contributed by atoms with Gasteiger partial charge in [0.05, 0.1) is 14.2 Å². The van der Waals surface area contributed by atoms with Crippen molar-refractivity contribution in [1.29, 1.82) is 0 Å². The summed E-state index contributed by atoms with van der Waals surface area (Å²) in [7, 11) is 2.48. The van der Waals surface area contributed by atoms with E-state index in [2.05, 4.69) is 42.9 Å². The van der Waals surface area contributed by atoms with Crippen molar-refractivity contribution in [1.82, 2.24) is 20.4 Å². The molecule has 0 spiro atoms. The summed E-state index contributed by atoms with van der Waals surface area (Å²) in [4.78, 5) is 79.9. The number of anilines is 2. The molecule has 0 radical (unpaired) electrons. The van der Waals surface area contributed by atoms with Crippen LogP contribution in [-0.4, -0.2) is 97.1 Å². The second-order valence-electron chi connectivity index (χ2n) is 14.0. The number of hydrogen-bond donors (Lipinski definition) is 4. The maximum Gasteiger partial charge on any atom is 0.407 e. The molecule has 3 aromatic carbocycles. The molecule has 2 saturated heterocycles. The van der Waals surface area contributed by atoms with E-state index in [0.29, 0.717) is 69.4 Å². The highest BCUT2D eigenvalue weighted by Gasteiger charge is 2.38. The van der Waals surface area contributed by atoms with Crippen LogP contribution in [0.15, 0.2) is 78.9 Å². The van der Waals surface area contributed by atoms with Gasteiger partial charge in [0.15, 0.2) is 0 Å². The molecule has 2 heterocycles. The molecule has 3 aromatic rings. The van der Waals surface area contributed by atoms with Crippen LogP contribution >= 0.6 is 0 Å². The Kier molecular flexibility index (Phi) is 14.4. The Morgan fingerprint density at radius 3 is 1.48 bits per heavy atom. The standard InChI is InChI=1S/C42H52N6O8/c1-5-33(45-41(53)55-3)39(51)47-24-10-14-35(47)37(49)43-30-20-16-27(17-21-30)26-32(28-12-8-7-9-13-28)29-18-22-31(23-19-29)44-38(50)36-15-11-25-48(36)40(52)34(6-2)46-42(54)56-4/h7-9,12-13,16-23,32-36H,5-6,10-11,14-15,24-26H2,1-4H3,(H,43,49)(H,44,50)(H,45,53)(H,46,54)/t32?,33-,34-,35-,36-/m0/s1. The van der Waals surface area contributed by atoms with Gasteiger partial charge in [-0.1, -0.05) is 68.4 Å². The Hall–Kier alpha value is -5.92. The highest BCUT2D eigenvalue weighted by molar-refractivity contribution is 5.99. The number of benzene rings is 3. The number of rotatable bonds is 14. The Morgan fingerprint density at radius 2 is 1.05 bits per heavy atom. The molecule has 0 bridgehead atoms. The van der Waals surface area contributed by atoms with Gasteiger partial charge in [0, 0.05) is 30.4 Å². The largest absolute Gasteiger partial charge is 0.453 e. The zero-order valence-electron chi connectivity index (χ0n) is 32.4. The SMILES string of the molecule is CC[C@H](NC(=O)OC)C(=O)N1CCC[C@H]1C(=O)Nc1ccc(CC(c2ccccc2)c2ccc(NC(=O)[C@@H]3CCCN3C(=O)[C@H](CC)NC(=O)OC)cc2)cc1. The van der Waals surface area contributed by atoms with Gasteiger partial charge >= 0.3 is 12.2 Å². The molecule has 6 amide bonds. The highest BCUT2D eigenvalue weighted by Crippen LogP contribution is 2.31. The van der Waals surface area contributed by atoms with E-state index < -0.39 is 36.4 Å². The Bertz CT molecular complexity index is 1840. The molecule has 2 aliphatic rings. The normalized spacial score (nSPS) is 17.9. The van der Waals surface area contributed by atoms with Crippen molar-refractivity contribution < 1.29 is 38.2 Å². The quantitative estimate of drug-likeness (QED) is 0.173. The summed E-state index contributed by atoms with van der Waals surface area (Å²) >= 11 is 0. The summed E-state index contributed by atoms with van der Waals surface area (Å²) in [6.45, 7) is 4.44. The number of nitrogens with zero attached hydrogens (tertiary/aromatic N) is 2. The smallest absolute Gasteiger partial charge is 0.407 e. The average molecular weight is 769 g/mol. The lowest BCUT2D eigenvalue weighted by atomic mass is 9.86. The number of methoxy groups -OCH3 is 2. The predicted octanol–water partition coefficient (Wildman–Crippen LogP) is 5.19. The molecule has 5 rings (SSSR count). The van der Waals surface area contributed by atoms with Crippen LogP contribution in [0.5, 0.6) is 0 Å². The minimum atomic E-state index is -0.780. The third-order valence-corrected chi connectivity index (χ3v) is 10.5. The highest BCUT2D eigenvalue weighted by atomic mass is 16.5. The van der Waals surface area contributed by atoms with Gasteiger partial charge in [-0.25, -0.2) is 9.59 Å². The van der Waals surface area contributed by atoms with Crippen LogP contribution in [-0.2, 0) is 35.1 Å². The number of alkyl carbamates (subject to hydrolysis) is 2.